The number of alkyl halides is 3. The first-order valence-corrected chi connectivity index (χ1v) is 9.42. The van der Waals surface area contributed by atoms with Crippen molar-refractivity contribution in [2.75, 3.05) is 23.3 Å². The van der Waals surface area contributed by atoms with E-state index in [2.05, 4.69) is 20.3 Å². The molecule has 1 atom stereocenters. The monoisotopic (exact) mass is 399 g/mol. The van der Waals surface area contributed by atoms with Crippen LogP contribution in [0.2, 0.25) is 0 Å². The zero-order valence-electron chi connectivity index (χ0n) is 15.6. The summed E-state index contributed by atoms with van der Waals surface area (Å²) in [5.41, 5.74) is 0.504. The van der Waals surface area contributed by atoms with E-state index in [4.69, 9.17) is 0 Å². The van der Waals surface area contributed by atoms with Crippen molar-refractivity contribution in [2.24, 2.45) is 0 Å². The highest BCUT2D eigenvalue weighted by Crippen LogP contribution is 2.32. The lowest BCUT2D eigenvalue weighted by molar-refractivity contribution is -0.141. The summed E-state index contributed by atoms with van der Waals surface area (Å²) >= 11 is 0. The predicted octanol–water partition coefficient (Wildman–Crippen LogP) is 4.64. The molecule has 0 radical (unpaired) electrons. The minimum Gasteiger partial charge on any atom is -0.381 e. The third-order valence-corrected chi connectivity index (χ3v) is 4.81. The Morgan fingerprint density at radius 1 is 1.03 bits per heavy atom. The predicted molar refractivity (Wildman–Crippen MR) is 106 cm³/mol. The topological polar surface area (TPSA) is 53.9 Å². The minimum atomic E-state index is -4.55. The fourth-order valence-electron chi connectivity index (χ4n) is 3.44. The molecule has 0 amide bonds. The van der Waals surface area contributed by atoms with Crippen LogP contribution in [0.3, 0.4) is 0 Å². The van der Waals surface area contributed by atoms with Crippen molar-refractivity contribution in [3.63, 3.8) is 0 Å². The highest BCUT2D eigenvalue weighted by atomic mass is 19.4. The van der Waals surface area contributed by atoms with Gasteiger partial charge in [-0.2, -0.15) is 13.2 Å². The number of para-hydroxylation sites is 1. The molecular formula is C21H20F3N5. The van der Waals surface area contributed by atoms with E-state index in [9.17, 15) is 13.2 Å². The summed E-state index contributed by atoms with van der Waals surface area (Å²) in [6.45, 7) is 1.21. The molecule has 0 saturated carbocycles. The fourth-order valence-corrected chi connectivity index (χ4v) is 3.44. The normalized spacial score (nSPS) is 17.2. The van der Waals surface area contributed by atoms with E-state index in [0.717, 1.165) is 24.6 Å². The van der Waals surface area contributed by atoms with Gasteiger partial charge in [0.1, 0.15) is 5.82 Å². The molecular weight excluding hydrogens is 379 g/mol. The average Bonchev–Trinajstić information content (AvgIpc) is 2.74. The molecule has 1 fully saturated rings. The number of hydrogen-bond acceptors (Lipinski definition) is 5. The van der Waals surface area contributed by atoms with E-state index in [0.29, 0.717) is 18.7 Å². The minimum absolute atomic E-state index is 0.0288. The standard InChI is InChI=1S/C21H20F3N5/c22-21(23,24)18-12-19(28-20(27-18)15-6-4-10-25-13-15)29-11-5-9-17(14-29)26-16-7-2-1-3-8-16/h1-4,6-8,10,12-13,17,26H,5,9,11,14H2. The Morgan fingerprint density at radius 2 is 1.86 bits per heavy atom. The molecule has 1 unspecified atom stereocenters. The second kappa shape index (κ2) is 8.06. The Balaban J connectivity index is 1.62. The zero-order chi connectivity index (χ0) is 20.3. The molecule has 0 bridgehead atoms. The van der Waals surface area contributed by atoms with Crippen molar-refractivity contribution in [3.8, 4) is 11.4 Å². The number of rotatable bonds is 4. The zero-order valence-corrected chi connectivity index (χ0v) is 15.6. The number of anilines is 2. The van der Waals surface area contributed by atoms with Gasteiger partial charge in [0.2, 0.25) is 0 Å². The molecule has 3 aromatic rings. The summed E-state index contributed by atoms with van der Waals surface area (Å²) in [4.78, 5) is 14.0. The van der Waals surface area contributed by atoms with Crippen molar-refractivity contribution in [1.82, 2.24) is 15.0 Å². The summed E-state index contributed by atoms with van der Waals surface area (Å²) in [5.74, 6) is 0.312. The largest absolute Gasteiger partial charge is 0.433 e. The molecule has 0 spiro atoms. The van der Waals surface area contributed by atoms with E-state index in [1.54, 1.807) is 18.3 Å². The summed E-state index contributed by atoms with van der Waals surface area (Å²) in [6.07, 6.45) is 0.278. The molecule has 3 heterocycles. The van der Waals surface area contributed by atoms with Crippen molar-refractivity contribution >= 4 is 11.5 Å². The molecule has 1 aromatic carbocycles. The first-order valence-electron chi connectivity index (χ1n) is 9.42. The van der Waals surface area contributed by atoms with Crippen LogP contribution >= 0.6 is 0 Å². The molecule has 1 N–H and O–H groups in total. The lowest BCUT2D eigenvalue weighted by atomic mass is 10.1. The number of piperidine rings is 1. The van der Waals surface area contributed by atoms with E-state index >= 15 is 0 Å². The van der Waals surface area contributed by atoms with Gasteiger partial charge < -0.3 is 10.2 Å². The molecule has 5 nitrogen and oxygen atoms in total. The van der Waals surface area contributed by atoms with Gasteiger partial charge in [0.25, 0.3) is 0 Å². The van der Waals surface area contributed by atoms with Crippen LogP contribution in [-0.2, 0) is 6.18 Å². The van der Waals surface area contributed by atoms with Crippen LogP contribution in [0.25, 0.3) is 11.4 Å². The van der Waals surface area contributed by atoms with Gasteiger partial charge in [-0.25, -0.2) is 9.97 Å². The van der Waals surface area contributed by atoms with Crippen LogP contribution in [0.5, 0.6) is 0 Å². The van der Waals surface area contributed by atoms with Crippen LogP contribution in [0.4, 0.5) is 24.7 Å². The first-order chi connectivity index (χ1) is 14.0. The number of nitrogens with zero attached hydrogens (tertiary/aromatic N) is 4. The van der Waals surface area contributed by atoms with E-state index < -0.39 is 11.9 Å². The Labute approximate surface area is 166 Å². The van der Waals surface area contributed by atoms with E-state index in [1.807, 2.05) is 35.2 Å². The molecule has 150 valence electrons. The second-order valence-electron chi connectivity index (χ2n) is 6.97. The van der Waals surface area contributed by atoms with Crippen LogP contribution in [0.1, 0.15) is 18.5 Å². The molecule has 29 heavy (non-hydrogen) atoms. The van der Waals surface area contributed by atoms with Crippen LogP contribution in [0.15, 0.2) is 60.9 Å². The Bertz CT molecular complexity index is 948. The summed E-state index contributed by atoms with van der Waals surface area (Å²) < 4.78 is 40.4. The maximum atomic E-state index is 13.5. The van der Waals surface area contributed by atoms with Gasteiger partial charge in [-0.1, -0.05) is 18.2 Å². The number of benzene rings is 1. The Hall–Kier alpha value is -3.16. The van der Waals surface area contributed by atoms with E-state index in [1.165, 1.54) is 6.20 Å². The summed E-state index contributed by atoms with van der Waals surface area (Å²) in [6, 6.07) is 14.3. The molecule has 0 aliphatic carbocycles. The SMILES string of the molecule is FC(F)(F)c1cc(N2CCCC(Nc3ccccc3)C2)nc(-c2cccnc2)n1. The Kier molecular flexibility index (Phi) is 5.33. The van der Waals surface area contributed by atoms with Gasteiger partial charge in [0.05, 0.1) is 0 Å². The van der Waals surface area contributed by atoms with Crippen LogP contribution in [-0.4, -0.2) is 34.1 Å². The van der Waals surface area contributed by atoms with Crippen molar-refractivity contribution < 1.29 is 13.2 Å². The Morgan fingerprint density at radius 3 is 2.59 bits per heavy atom. The summed E-state index contributed by atoms with van der Waals surface area (Å²) in [7, 11) is 0. The van der Waals surface area contributed by atoms with Gasteiger partial charge in [0, 0.05) is 48.8 Å². The maximum absolute atomic E-state index is 13.5. The first kappa shape index (κ1) is 19.2. The van der Waals surface area contributed by atoms with Gasteiger partial charge in [-0.05, 0) is 37.1 Å². The molecule has 1 aliphatic rings. The van der Waals surface area contributed by atoms with Gasteiger partial charge in [-0.15, -0.1) is 0 Å². The molecule has 8 heteroatoms. The van der Waals surface area contributed by atoms with Crippen LogP contribution < -0.4 is 10.2 Å². The molecule has 2 aromatic heterocycles. The molecule has 1 saturated heterocycles. The summed E-state index contributed by atoms with van der Waals surface area (Å²) in [5, 5.41) is 3.45. The number of pyridine rings is 1. The van der Waals surface area contributed by atoms with E-state index in [-0.39, 0.29) is 17.7 Å². The van der Waals surface area contributed by atoms with Crippen LogP contribution in [0, 0.1) is 0 Å². The van der Waals surface area contributed by atoms with Crippen molar-refractivity contribution in [2.45, 2.75) is 25.1 Å². The highest BCUT2D eigenvalue weighted by molar-refractivity contribution is 5.57. The number of halogens is 3. The fraction of sp³-hybridized carbons (Fsp3) is 0.286. The van der Waals surface area contributed by atoms with Gasteiger partial charge in [-0.3, -0.25) is 4.98 Å². The lowest BCUT2D eigenvalue weighted by Crippen LogP contribution is -2.42. The number of nitrogens with one attached hydrogen (secondary N) is 1. The van der Waals surface area contributed by atoms with Gasteiger partial charge >= 0.3 is 6.18 Å². The maximum Gasteiger partial charge on any atom is 0.433 e. The van der Waals surface area contributed by atoms with Gasteiger partial charge in [0.15, 0.2) is 11.5 Å². The number of aromatic nitrogens is 3. The lowest BCUT2D eigenvalue weighted by Gasteiger charge is -2.34. The second-order valence-corrected chi connectivity index (χ2v) is 6.97. The third-order valence-electron chi connectivity index (χ3n) is 4.81. The quantitative estimate of drug-likeness (QED) is 0.693. The number of hydrogen-bond donors (Lipinski definition) is 1. The third kappa shape index (κ3) is 4.64. The van der Waals surface area contributed by atoms with Crippen molar-refractivity contribution in [1.29, 1.82) is 0 Å². The molecule has 4 rings (SSSR count). The molecule has 1 aliphatic heterocycles. The smallest absolute Gasteiger partial charge is 0.381 e. The highest BCUT2D eigenvalue weighted by Gasteiger charge is 2.35. The van der Waals surface area contributed by atoms with Crippen molar-refractivity contribution in [3.05, 3.63) is 66.6 Å². The average molecular weight is 399 g/mol.